The van der Waals surface area contributed by atoms with Gasteiger partial charge in [0, 0.05) is 24.6 Å². The first-order valence-corrected chi connectivity index (χ1v) is 6.54. The molecule has 0 aliphatic carbocycles. The van der Waals surface area contributed by atoms with E-state index in [4.69, 9.17) is 0 Å². The molecule has 0 atom stereocenters. The summed E-state index contributed by atoms with van der Waals surface area (Å²) in [6.45, 7) is 6.12. The Kier molecular flexibility index (Phi) is 4.41. The lowest BCUT2D eigenvalue weighted by atomic mass is 10.4. The van der Waals surface area contributed by atoms with Crippen LogP contribution in [-0.2, 0) is 4.79 Å². The van der Waals surface area contributed by atoms with Gasteiger partial charge >= 0.3 is 0 Å². The van der Waals surface area contributed by atoms with Gasteiger partial charge in [0.25, 0.3) is 0 Å². The molecule has 6 nitrogen and oxygen atoms in total. The topological polar surface area (TPSA) is 70.2 Å². The highest BCUT2D eigenvalue weighted by atomic mass is 32.1. The number of aryl methyl sites for hydroxylation is 1. The smallest absolute Gasteiger partial charge is 0.240 e. The largest absolute Gasteiger partial charge is 0.315 e. The van der Waals surface area contributed by atoms with E-state index in [9.17, 15) is 4.79 Å². The van der Waals surface area contributed by atoms with Gasteiger partial charge in [0.1, 0.15) is 5.82 Å². The summed E-state index contributed by atoms with van der Waals surface area (Å²) in [6, 6.07) is 0. The van der Waals surface area contributed by atoms with E-state index in [2.05, 4.69) is 24.9 Å². The zero-order chi connectivity index (χ0) is 12.1. The fourth-order valence-electron chi connectivity index (χ4n) is 1.77. The first kappa shape index (κ1) is 12.4. The molecule has 1 aromatic rings. The summed E-state index contributed by atoms with van der Waals surface area (Å²) in [5.74, 6) is 0.687. The molecule has 1 saturated heterocycles. The van der Waals surface area contributed by atoms with Gasteiger partial charge in [-0.15, -0.1) is 0 Å². The average Bonchev–Trinajstić information content (AvgIpc) is 2.53. The third-order valence-corrected chi connectivity index (χ3v) is 3.30. The van der Waals surface area contributed by atoms with E-state index >= 15 is 0 Å². The minimum Gasteiger partial charge on any atom is -0.315 e. The molecule has 1 aliphatic rings. The van der Waals surface area contributed by atoms with E-state index in [1.807, 2.05) is 6.92 Å². The molecule has 0 unspecified atom stereocenters. The Morgan fingerprint density at radius 1 is 1.53 bits per heavy atom. The minimum absolute atomic E-state index is 0.0111. The SMILES string of the molecule is Cc1nsc(NC(=O)CN2CCCNCC2)n1. The zero-order valence-electron chi connectivity index (χ0n) is 9.90. The van der Waals surface area contributed by atoms with Crippen LogP contribution in [0.4, 0.5) is 5.13 Å². The average molecular weight is 255 g/mol. The maximum Gasteiger partial charge on any atom is 0.240 e. The summed E-state index contributed by atoms with van der Waals surface area (Å²) in [5.41, 5.74) is 0. The van der Waals surface area contributed by atoms with Crippen molar-refractivity contribution in [3.05, 3.63) is 5.82 Å². The Balaban J connectivity index is 1.80. The van der Waals surface area contributed by atoms with Crippen molar-refractivity contribution in [2.45, 2.75) is 13.3 Å². The number of nitrogens with one attached hydrogen (secondary N) is 2. The summed E-state index contributed by atoms with van der Waals surface area (Å²) >= 11 is 1.22. The molecule has 2 N–H and O–H groups in total. The molecule has 2 rings (SSSR count). The standard InChI is InChI=1S/C10H17N5OS/c1-8-12-10(17-14-8)13-9(16)7-15-5-2-3-11-4-6-15/h11H,2-7H2,1H3,(H,12,13,14,16). The molecule has 1 aliphatic heterocycles. The van der Waals surface area contributed by atoms with Crippen molar-refractivity contribution in [1.82, 2.24) is 19.6 Å². The van der Waals surface area contributed by atoms with Crippen molar-refractivity contribution in [1.29, 1.82) is 0 Å². The fraction of sp³-hybridized carbons (Fsp3) is 0.700. The van der Waals surface area contributed by atoms with Gasteiger partial charge < -0.3 is 5.32 Å². The molecule has 94 valence electrons. The highest BCUT2D eigenvalue weighted by molar-refractivity contribution is 7.09. The second-order valence-electron chi connectivity index (χ2n) is 4.07. The molecule has 1 amide bonds. The van der Waals surface area contributed by atoms with Crippen LogP contribution in [0.2, 0.25) is 0 Å². The highest BCUT2D eigenvalue weighted by Gasteiger charge is 2.13. The van der Waals surface area contributed by atoms with Gasteiger partial charge in [0.15, 0.2) is 0 Å². The first-order chi connectivity index (χ1) is 8.24. The predicted molar refractivity (Wildman–Crippen MR) is 67.2 cm³/mol. The number of anilines is 1. The fourth-order valence-corrected chi connectivity index (χ4v) is 2.36. The lowest BCUT2D eigenvalue weighted by Crippen LogP contribution is -2.35. The molecule has 1 fully saturated rings. The monoisotopic (exact) mass is 255 g/mol. The molecular formula is C10H17N5OS. The van der Waals surface area contributed by atoms with Gasteiger partial charge in [-0.3, -0.25) is 15.0 Å². The molecule has 0 radical (unpaired) electrons. The van der Waals surface area contributed by atoms with Gasteiger partial charge in [-0.2, -0.15) is 4.37 Å². The summed E-state index contributed by atoms with van der Waals surface area (Å²) in [7, 11) is 0. The molecule has 0 spiro atoms. The molecular weight excluding hydrogens is 238 g/mol. The van der Waals surface area contributed by atoms with Crippen molar-refractivity contribution in [2.75, 3.05) is 38.0 Å². The highest BCUT2D eigenvalue weighted by Crippen LogP contribution is 2.09. The second kappa shape index (κ2) is 6.04. The number of nitrogens with zero attached hydrogens (tertiary/aromatic N) is 3. The lowest BCUT2D eigenvalue weighted by Gasteiger charge is -2.17. The van der Waals surface area contributed by atoms with Crippen LogP contribution in [0.15, 0.2) is 0 Å². The van der Waals surface area contributed by atoms with E-state index in [-0.39, 0.29) is 5.91 Å². The van der Waals surface area contributed by atoms with Crippen molar-refractivity contribution in [3.63, 3.8) is 0 Å². The van der Waals surface area contributed by atoms with Crippen molar-refractivity contribution < 1.29 is 4.79 Å². The van der Waals surface area contributed by atoms with Gasteiger partial charge in [0.2, 0.25) is 11.0 Å². The number of amides is 1. The van der Waals surface area contributed by atoms with E-state index in [1.54, 1.807) is 0 Å². The normalized spacial score (nSPS) is 17.7. The van der Waals surface area contributed by atoms with Gasteiger partial charge in [-0.1, -0.05) is 0 Å². The van der Waals surface area contributed by atoms with Gasteiger partial charge in [-0.05, 0) is 26.4 Å². The summed E-state index contributed by atoms with van der Waals surface area (Å²) in [4.78, 5) is 18.0. The molecule has 1 aromatic heterocycles. The number of carbonyl (C=O) groups excluding carboxylic acids is 1. The molecule has 2 heterocycles. The van der Waals surface area contributed by atoms with Crippen molar-refractivity contribution in [2.24, 2.45) is 0 Å². The van der Waals surface area contributed by atoms with Crippen molar-refractivity contribution >= 4 is 22.6 Å². The second-order valence-corrected chi connectivity index (χ2v) is 4.83. The predicted octanol–water partition coefficient (Wildman–Crippen LogP) is 0.0803. The Hall–Kier alpha value is -1.05. The quantitative estimate of drug-likeness (QED) is 0.800. The number of carbonyl (C=O) groups is 1. The van der Waals surface area contributed by atoms with Crippen LogP contribution >= 0.6 is 11.5 Å². The molecule has 0 bridgehead atoms. The zero-order valence-corrected chi connectivity index (χ0v) is 10.7. The third-order valence-electron chi connectivity index (χ3n) is 2.57. The number of rotatable bonds is 3. The van der Waals surface area contributed by atoms with Crippen LogP contribution in [-0.4, -0.2) is 52.9 Å². The van der Waals surface area contributed by atoms with Gasteiger partial charge in [0.05, 0.1) is 6.54 Å². The molecule has 7 heteroatoms. The number of hydrogen-bond donors (Lipinski definition) is 2. The summed E-state index contributed by atoms with van der Waals surface area (Å²) in [6.07, 6.45) is 1.09. The molecule has 0 saturated carbocycles. The lowest BCUT2D eigenvalue weighted by molar-refractivity contribution is -0.117. The van der Waals surface area contributed by atoms with Crippen LogP contribution < -0.4 is 10.6 Å². The number of hydrogen-bond acceptors (Lipinski definition) is 6. The van der Waals surface area contributed by atoms with Crippen LogP contribution in [0.1, 0.15) is 12.2 Å². The van der Waals surface area contributed by atoms with Crippen LogP contribution in [0, 0.1) is 6.92 Å². The van der Waals surface area contributed by atoms with Crippen LogP contribution in [0.5, 0.6) is 0 Å². The molecule has 17 heavy (non-hydrogen) atoms. The minimum atomic E-state index is -0.0111. The maximum absolute atomic E-state index is 11.8. The van der Waals surface area contributed by atoms with Crippen molar-refractivity contribution in [3.8, 4) is 0 Å². The Morgan fingerprint density at radius 3 is 3.18 bits per heavy atom. The Morgan fingerprint density at radius 2 is 2.41 bits per heavy atom. The Bertz CT molecular complexity index is 373. The number of aromatic nitrogens is 2. The first-order valence-electron chi connectivity index (χ1n) is 5.77. The summed E-state index contributed by atoms with van der Waals surface area (Å²) < 4.78 is 4.02. The van der Waals surface area contributed by atoms with Crippen LogP contribution in [0.25, 0.3) is 0 Å². The molecule has 0 aromatic carbocycles. The van der Waals surface area contributed by atoms with E-state index in [1.165, 1.54) is 11.5 Å². The third kappa shape index (κ3) is 4.03. The van der Waals surface area contributed by atoms with Crippen LogP contribution in [0.3, 0.4) is 0 Å². The van der Waals surface area contributed by atoms with Gasteiger partial charge in [-0.25, -0.2) is 4.98 Å². The Labute approximate surface area is 105 Å². The van der Waals surface area contributed by atoms with E-state index < -0.39 is 0 Å². The van der Waals surface area contributed by atoms with E-state index in [0.29, 0.717) is 17.5 Å². The summed E-state index contributed by atoms with van der Waals surface area (Å²) in [5, 5.41) is 6.67. The maximum atomic E-state index is 11.8. The van der Waals surface area contributed by atoms with E-state index in [0.717, 1.165) is 32.6 Å².